The number of aromatic nitrogens is 2. The number of hydrogen-bond acceptors (Lipinski definition) is 4. The molecule has 1 aliphatic carbocycles. The molecular weight excluding hydrogens is 394 g/mol. The lowest BCUT2D eigenvalue weighted by atomic mass is 9.51. The summed E-state index contributed by atoms with van der Waals surface area (Å²) in [5, 5.41) is 8.98. The molecule has 1 aliphatic heterocycles. The number of piperidine rings is 1. The molecular formula is C24H25N3O4. The number of ether oxygens (including phenoxy) is 1. The van der Waals surface area contributed by atoms with Gasteiger partial charge in [0.05, 0.1) is 17.4 Å². The van der Waals surface area contributed by atoms with E-state index in [0.29, 0.717) is 24.3 Å². The average Bonchev–Trinajstić information content (AvgIpc) is 3.17. The van der Waals surface area contributed by atoms with Crippen molar-refractivity contribution < 1.29 is 19.4 Å². The van der Waals surface area contributed by atoms with Crippen LogP contribution in [0.2, 0.25) is 0 Å². The summed E-state index contributed by atoms with van der Waals surface area (Å²) in [6, 6.07) is 11.1. The number of imidazole rings is 1. The lowest BCUT2D eigenvalue weighted by Crippen LogP contribution is -2.64. The van der Waals surface area contributed by atoms with Gasteiger partial charge in [-0.05, 0) is 59.7 Å². The average molecular weight is 419 g/mol. The number of aromatic amines is 1. The number of likely N-dealkylation sites (tertiary alicyclic amines) is 1. The van der Waals surface area contributed by atoms with Crippen molar-refractivity contribution in [1.29, 1.82) is 0 Å². The van der Waals surface area contributed by atoms with Gasteiger partial charge >= 0.3 is 6.16 Å². The molecule has 2 aromatic carbocycles. The first-order valence-electron chi connectivity index (χ1n) is 10.5. The summed E-state index contributed by atoms with van der Waals surface area (Å²) in [5.74, 6) is 0.327. The summed E-state index contributed by atoms with van der Waals surface area (Å²) in [7, 11) is 0. The van der Waals surface area contributed by atoms with Crippen LogP contribution in [0, 0.1) is 5.41 Å². The molecule has 1 saturated heterocycles. The molecule has 1 fully saturated rings. The number of fused-ring (bicyclic) bond motifs is 5. The highest BCUT2D eigenvalue weighted by Gasteiger charge is 2.56. The monoisotopic (exact) mass is 419 g/mol. The molecule has 3 aromatic rings. The van der Waals surface area contributed by atoms with Crippen molar-refractivity contribution in [3.8, 4) is 5.75 Å². The standard InChI is InChI=1S/C24H25N3O4/c1-23(2)20-12-15-10-16(31-22(29)30)5-6-17(15)24(23,3)8-9-27(20)21(28)14-4-7-18-19(11-14)26-13-25-18/h4-7,10-11,13,20H,8-9,12H2,1-3H3,(H,25,26)(H,29,30). The Bertz CT molecular complexity index is 1210. The number of nitrogens with zero attached hydrogens (tertiary/aromatic N) is 2. The number of carbonyl (C=O) groups is 2. The first-order valence-corrected chi connectivity index (χ1v) is 10.5. The molecule has 7 heteroatoms. The molecule has 2 heterocycles. The molecule has 1 amide bonds. The van der Waals surface area contributed by atoms with Crippen molar-refractivity contribution in [3.63, 3.8) is 0 Å². The number of carbonyl (C=O) groups excluding carboxylic acids is 1. The highest BCUT2D eigenvalue weighted by atomic mass is 16.7. The van der Waals surface area contributed by atoms with Crippen molar-refractivity contribution in [2.45, 2.75) is 45.1 Å². The SMILES string of the molecule is CC12CCN(C(=O)c3ccc4nc[nH]c4c3)C(Cc3cc(OC(=O)O)ccc31)C2(C)C. The molecule has 5 rings (SSSR count). The highest BCUT2D eigenvalue weighted by molar-refractivity contribution is 5.97. The van der Waals surface area contributed by atoms with Crippen LogP contribution in [0.25, 0.3) is 11.0 Å². The van der Waals surface area contributed by atoms with Crippen LogP contribution in [-0.4, -0.2) is 44.6 Å². The summed E-state index contributed by atoms with van der Waals surface area (Å²) in [6.07, 6.45) is 1.80. The number of nitrogens with one attached hydrogen (secondary N) is 1. The fourth-order valence-electron chi connectivity index (χ4n) is 5.55. The van der Waals surface area contributed by atoms with Crippen molar-refractivity contribution in [2.24, 2.45) is 5.41 Å². The first-order chi connectivity index (χ1) is 14.7. The third-order valence-corrected chi connectivity index (χ3v) is 7.70. The van der Waals surface area contributed by atoms with Crippen LogP contribution in [0.3, 0.4) is 0 Å². The van der Waals surface area contributed by atoms with Crippen LogP contribution in [0.1, 0.15) is 48.7 Å². The van der Waals surface area contributed by atoms with Gasteiger partial charge in [-0.1, -0.05) is 26.8 Å². The molecule has 1 aromatic heterocycles. The molecule has 31 heavy (non-hydrogen) atoms. The van der Waals surface area contributed by atoms with E-state index in [1.54, 1.807) is 12.4 Å². The second-order valence-corrected chi connectivity index (χ2v) is 9.34. The molecule has 0 radical (unpaired) electrons. The molecule has 2 atom stereocenters. The highest BCUT2D eigenvalue weighted by Crippen LogP contribution is 2.56. The van der Waals surface area contributed by atoms with Gasteiger partial charge in [0.1, 0.15) is 5.75 Å². The van der Waals surface area contributed by atoms with E-state index in [-0.39, 0.29) is 22.8 Å². The van der Waals surface area contributed by atoms with Crippen molar-refractivity contribution in [3.05, 3.63) is 59.4 Å². The summed E-state index contributed by atoms with van der Waals surface area (Å²) < 4.78 is 4.89. The fourth-order valence-corrected chi connectivity index (χ4v) is 5.55. The number of amides is 1. The summed E-state index contributed by atoms with van der Waals surface area (Å²) in [4.78, 5) is 33.9. The Morgan fingerprint density at radius 2 is 2.00 bits per heavy atom. The molecule has 2 bridgehead atoms. The number of hydrogen-bond donors (Lipinski definition) is 2. The van der Waals surface area contributed by atoms with Gasteiger partial charge in [-0.25, -0.2) is 9.78 Å². The Morgan fingerprint density at radius 3 is 2.77 bits per heavy atom. The quantitative estimate of drug-likeness (QED) is 0.475. The molecule has 160 valence electrons. The third kappa shape index (κ3) is 2.83. The minimum atomic E-state index is -1.33. The van der Waals surface area contributed by atoms with E-state index in [1.165, 1.54) is 5.56 Å². The maximum atomic E-state index is 13.6. The van der Waals surface area contributed by atoms with Gasteiger partial charge in [-0.15, -0.1) is 0 Å². The van der Waals surface area contributed by atoms with Crippen LogP contribution < -0.4 is 4.74 Å². The van der Waals surface area contributed by atoms with Gasteiger partial charge in [-0.2, -0.15) is 0 Å². The second kappa shape index (κ2) is 6.57. The summed E-state index contributed by atoms with van der Waals surface area (Å²) in [6.45, 7) is 7.41. The van der Waals surface area contributed by atoms with E-state index in [2.05, 4.69) is 30.7 Å². The molecule has 2 aliphatic rings. The van der Waals surface area contributed by atoms with Crippen molar-refractivity contribution >= 4 is 23.1 Å². The maximum Gasteiger partial charge on any atom is 0.511 e. The Morgan fingerprint density at radius 1 is 1.19 bits per heavy atom. The molecule has 0 spiro atoms. The van der Waals surface area contributed by atoms with Crippen LogP contribution >= 0.6 is 0 Å². The molecule has 0 saturated carbocycles. The van der Waals surface area contributed by atoms with E-state index in [1.807, 2.05) is 35.2 Å². The number of carboxylic acid groups (broad SMARTS) is 1. The Hall–Kier alpha value is -3.35. The Labute approximate surface area is 180 Å². The first kappa shape index (κ1) is 19.6. The lowest BCUT2D eigenvalue weighted by Gasteiger charge is -2.60. The zero-order valence-electron chi connectivity index (χ0n) is 17.8. The smallest absolute Gasteiger partial charge is 0.449 e. The number of rotatable bonds is 2. The maximum absolute atomic E-state index is 13.6. The predicted molar refractivity (Wildman–Crippen MR) is 115 cm³/mol. The normalized spacial score (nSPS) is 24.0. The van der Waals surface area contributed by atoms with E-state index < -0.39 is 6.16 Å². The van der Waals surface area contributed by atoms with E-state index >= 15 is 0 Å². The largest absolute Gasteiger partial charge is 0.511 e. The Balaban J connectivity index is 1.54. The zero-order chi connectivity index (χ0) is 22.0. The second-order valence-electron chi connectivity index (χ2n) is 9.34. The van der Waals surface area contributed by atoms with Crippen LogP contribution in [0.15, 0.2) is 42.7 Å². The van der Waals surface area contributed by atoms with E-state index in [4.69, 9.17) is 9.84 Å². The number of benzene rings is 2. The van der Waals surface area contributed by atoms with Crippen LogP contribution in [-0.2, 0) is 11.8 Å². The summed E-state index contributed by atoms with van der Waals surface area (Å²) >= 11 is 0. The predicted octanol–water partition coefficient (Wildman–Crippen LogP) is 4.37. The topological polar surface area (TPSA) is 95.5 Å². The molecule has 2 N–H and O–H groups in total. The van der Waals surface area contributed by atoms with Gasteiger partial charge in [0.25, 0.3) is 5.91 Å². The number of H-pyrrole nitrogens is 1. The van der Waals surface area contributed by atoms with Crippen LogP contribution in [0.5, 0.6) is 5.75 Å². The Kier molecular flexibility index (Phi) is 4.16. The van der Waals surface area contributed by atoms with Gasteiger partial charge in [0.2, 0.25) is 0 Å². The minimum Gasteiger partial charge on any atom is -0.449 e. The van der Waals surface area contributed by atoms with Gasteiger partial charge in [0.15, 0.2) is 0 Å². The lowest BCUT2D eigenvalue weighted by molar-refractivity contribution is -0.0262. The van der Waals surface area contributed by atoms with Crippen molar-refractivity contribution in [2.75, 3.05) is 6.54 Å². The minimum absolute atomic E-state index is 0.0104. The third-order valence-electron chi connectivity index (χ3n) is 7.70. The zero-order valence-corrected chi connectivity index (χ0v) is 17.8. The fraction of sp³-hybridized carbons (Fsp3) is 0.375. The molecule has 7 nitrogen and oxygen atoms in total. The van der Waals surface area contributed by atoms with E-state index in [9.17, 15) is 9.59 Å². The van der Waals surface area contributed by atoms with Crippen LogP contribution in [0.4, 0.5) is 4.79 Å². The van der Waals surface area contributed by atoms with Gasteiger partial charge < -0.3 is 19.7 Å². The van der Waals surface area contributed by atoms with E-state index in [0.717, 1.165) is 23.0 Å². The van der Waals surface area contributed by atoms with Crippen molar-refractivity contribution in [1.82, 2.24) is 14.9 Å². The summed E-state index contributed by atoms with van der Waals surface area (Å²) in [5.41, 5.74) is 4.31. The van der Waals surface area contributed by atoms with Gasteiger partial charge in [0, 0.05) is 23.6 Å². The van der Waals surface area contributed by atoms with Gasteiger partial charge in [-0.3, -0.25) is 4.79 Å². The molecule has 2 unspecified atom stereocenters.